The van der Waals surface area contributed by atoms with E-state index in [0.717, 1.165) is 11.1 Å². The standard InChI is InChI=1S/C15H21N4O.2ClH.Ti/c1-14(2,3)9-7-10(13-16-18-19-17-13)12(20)11(8-9)15(4,5)6;;;/h7-8H,1-6H3,(H-,16,17,18,19,20);2*1H;/q-1;;;+2/p-2. The van der Waals surface area contributed by atoms with Crippen molar-refractivity contribution >= 4 is 18.6 Å². The predicted molar refractivity (Wildman–Crippen MR) is 89.4 cm³/mol. The first-order chi connectivity index (χ1) is 10.5. The van der Waals surface area contributed by atoms with E-state index in [1.165, 1.54) is 0 Å². The molecule has 0 aliphatic rings. The van der Waals surface area contributed by atoms with Gasteiger partial charge in [-0.25, -0.2) is 0 Å². The van der Waals surface area contributed by atoms with Gasteiger partial charge in [0.2, 0.25) is 0 Å². The number of tetrazole rings is 1. The molecule has 126 valence electrons. The van der Waals surface area contributed by atoms with Crippen LogP contribution in [0.2, 0.25) is 0 Å². The maximum absolute atomic E-state index is 10.6. The number of rotatable bonds is 1. The van der Waals surface area contributed by atoms with E-state index in [1.54, 1.807) is 0 Å². The van der Waals surface area contributed by atoms with E-state index in [4.69, 9.17) is 18.6 Å². The summed E-state index contributed by atoms with van der Waals surface area (Å²) >= 11 is -0.556. The summed E-state index contributed by atoms with van der Waals surface area (Å²) in [7, 11) is 9.78. The van der Waals surface area contributed by atoms with Crippen LogP contribution >= 0.6 is 18.6 Å². The molecule has 5 nitrogen and oxygen atoms in total. The van der Waals surface area contributed by atoms with E-state index >= 15 is 0 Å². The quantitative estimate of drug-likeness (QED) is 0.738. The zero-order valence-electron chi connectivity index (χ0n) is 14.1. The second-order valence-corrected chi connectivity index (χ2v) is 9.77. The minimum atomic E-state index is -0.556. The molecule has 0 aliphatic heterocycles. The predicted octanol–water partition coefficient (Wildman–Crippen LogP) is 4.17. The Kier molecular flexibility index (Phi) is 7.08. The van der Waals surface area contributed by atoms with E-state index in [1.807, 2.05) is 6.07 Å². The summed E-state index contributed by atoms with van der Waals surface area (Å²) in [5, 5.41) is 25.3. The molecular weight excluding hydrogens is 371 g/mol. The molecule has 23 heavy (non-hydrogen) atoms. The Hall–Kier alpha value is -0.616. The van der Waals surface area contributed by atoms with Crippen molar-refractivity contribution in [2.75, 3.05) is 0 Å². The molecule has 2 rings (SSSR count). The normalized spacial score (nSPS) is 11.7. The fourth-order valence-corrected chi connectivity index (χ4v) is 2.06. The van der Waals surface area contributed by atoms with Gasteiger partial charge in [0.1, 0.15) is 5.75 Å². The molecule has 0 amide bonds. The summed E-state index contributed by atoms with van der Waals surface area (Å²) in [6.45, 7) is 12.6. The molecule has 0 saturated heterocycles. The van der Waals surface area contributed by atoms with E-state index in [0.29, 0.717) is 11.4 Å². The number of nitrogens with zero attached hydrogens (tertiary/aromatic N) is 4. The van der Waals surface area contributed by atoms with Crippen molar-refractivity contribution in [2.45, 2.75) is 52.4 Å². The van der Waals surface area contributed by atoms with Gasteiger partial charge in [0.25, 0.3) is 0 Å². The number of hydrogen-bond acceptors (Lipinski definition) is 4. The molecule has 0 aliphatic carbocycles. The van der Waals surface area contributed by atoms with Crippen molar-refractivity contribution in [3.8, 4) is 17.1 Å². The molecule has 1 N–H and O–H groups in total. The SMILES string of the molecule is CC(C)(C)c1cc(-c2nnn[n-]2)c(O)c(C(C)(C)C)c1.[Cl][Ti][Cl]. The van der Waals surface area contributed by atoms with Crippen LogP contribution in [0, 0.1) is 0 Å². The van der Waals surface area contributed by atoms with Crippen LogP contribution in [-0.4, -0.2) is 20.6 Å². The number of aromatic nitrogens is 4. The van der Waals surface area contributed by atoms with Gasteiger partial charge >= 0.3 is 35.6 Å². The van der Waals surface area contributed by atoms with Crippen LogP contribution in [0.4, 0.5) is 0 Å². The number of benzene rings is 1. The van der Waals surface area contributed by atoms with Crippen LogP contribution in [0.25, 0.3) is 11.4 Å². The van der Waals surface area contributed by atoms with Gasteiger partial charge in [0, 0.05) is 17.0 Å². The fourth-order valence-electron chi connectivity index (χ4n) is 2.06. The zero-order valence-corrected chi connectivity index (χ0v) is 17.2. The Bertz CT molecular complexity index is 634. The summed E-state index contributed by atoms with van der Waals surface area (Å²) in [5.41, 5.74) is 2.39. The number of phenolic OH excluding ortho intramolecular Hbond substituents is 1. The number of aromatic hydroxyl groups is 1. The Labute approximate surface area is 153 Å². The van der Waals surface area contributed by atoms with E-state index in [2.05, 4.69) is 68.2 Å². The summed E-state index contributed by atoms with van der Waals surface area (Å²) in [5.74, 6) is 0.569. The van der Waals surface area contributed by atoms with Crippen molar-refractivity contribution in [1.82, 2.24) is 20.6 Å². The molecule has 1 aromatic heterocycles. The molecule has 8 heteroatoms. The van der Waals surface area contributed by atoms with Crippen LogP contribution < -0.4 is 5.10 Å². The first-order valence-corrected chi connectivity index (χ1v) is 11.4. The van der Waals surface area contributed by atoms with Crippen LogP contribution in [-0.2, 0) is 27.9 Å². The van der Waals surface area contributed by atoms with Gasteiger partial charge < -0.3 is 10.2 Å². The Morgan fingerprint density at radius 3 is 2.00 bits per heavy atom. The average molecular weight is 392 g/mol. The third-order valence-electron chi connectivity index (χ3n) is 3.34. The van der Waals surface area contributed by atoms with E-state index in [-0.39, 0.29) is 16.6 Å². The summed E-state index contributed by atoms with van der Waals surface area (Å²) in [4.78, 5) is 0. The minimum absolute atomic E-state index is 0.0318. The van der Waals surface area contributed by atoms with Gasteiger partial charge in [-0.3, -0.25) is 10.3 Å². The van der Waals surface area contributed by atoms with Crippen LogP contribution in [0.15, 0.2) is 12.1 Å². The van der Waals surface area contributed by atoms with Crippen molar-refractivity contribution in [1.29, 1.82) is 0 Å². The van der Waals surface area contributed by atoms with E-state index < -0.39 is 17.0 Å². The molecule has 0 radical (unpaired) electrons. The third kappa shape index (κ3) is 5.45. The van der Waals surface area contributed by atoms with Crippen molar-refractivity contribution in [2.24, 2.45) is 0 Å². The average Bonchev–Trinajstić information content (AvgIpc) is 2.90. The summed E-state index contributed by atoms with van der Waals surface area (Å²) in [6, 6.07) is 3.98. The van der Waals surface area contributed by atoms with Gasteiger partial charge in [-0.05, 0) is 22.5 Å². The fraction of sp³-hybridized carbons (Fsp3) is 0.533. The van der Waals surface area contributed by atoms with Crippen LogP contribution in [0.1, 0.15) is 52.7 Å². The van der Waals surface area contributed by atoms with Crippen LogP contribution in [0.3, 0.4) is 0 Å². The van der Waals surface area contributed by atoms with Gasteiger partial charge in [0.05, 0.1) is 0 Å². The molecule has 0 fully saturated rings. The number of hydrogen-bond donors (Lipinski definition) is 1. The number of halogens is 2. The topological polar surface area (TPSA) is 73.0 Å². The van der Waals surface area contributed by atoms with Gasteiger partial charge in [-0.2, -0.15) is 5.21 Å². The van der Waals surface area contributed by atoms with Gasteiger partial charge in [-0.15, -0.1) is 0 Å². The molecular formula is C15H21Cl2N4OTi-. The molecule has 0 spiro atoms. The van der Waals surface area contributed by atoms with Crippen molar-refractivity contribution in [3.05, 3.63) is 23.3 Å². The second kappa shape index (κ2) is 7.97. The first-order valence-electron chi connectivity index (χ1n) is 7.05. The van der Waals surface area contributed by atoms with Gasteiger partial charge in [-0.1, -0.05) is 47.6 Å². The zero-order chi connectivity index (χ0) is 17.8. The Morgan fingerprint density at radius 1 is 1.04 bits per heavy atom. The molecule has 2 aromatic rings. The Balaban J connectivity index is 0.000000816. The van der Waals surface area contributed by atoms with E-state index in [9.17, 15) is 5.11 Å². The summed E-state index contributed by atoms with van der Waals surface area (Å²) in [6.07, 6.45) is 0. The Morgan fingerprint density at radius 2 is 1.61 bits per heavy atom. The molecule has 0 unspecified atom stereocenters. The monoisotopic (exact) mass is 391 g/mol. The third-order valence-corrected chi connectivity index (χ3v) is 3.34. The number of phenols is 1. The molecule has 0 bridgehead atoms. The molecule has 0 atom stereocenters. The molecule has 0 saturated carbocycles. The molecule has 1 heterocycles. The maximum atomic E-state index is 10.6. The van der Waals surface area contributed by atoms with Crippen LogP contribution in [0.5, 0.6) is 5.75 Å². The van der Waals surface area contributed by atoms with Crippen molar-refractivity contribution in [3.63, 3.8) is 0 Å². The van der Waals surface area contributed by atoms with Crippen molar-refractivity contribution < 1.29 is 22.1 Å². The first kappa shape index (κ1) is 20.4. The molecule has 1 aromatic carbocycles. The summed E-state index contributed by atoms with van der Waals surface area (Å²) < 4.78 is 0. The second-order valence-electron chi connectivity index (χ2n) is 7.19. The van der Waals surface area contributed by atoms with Gasteiger partial charge in [0.15, 0.2) is 0 Å².